The lowest BCUT2D eigenvalue weighted by molar-refractivity contribution is 0.199. The van der Waals surface area contributed by atoms with Crippen molar-refractivity contribution in [2.75, 3.05) is 20.3 Å². The quantitative estimate of drug-likeness (QED) is 0.823. The van der Waals surface area contributed by atoms with Gasteiger partial charge < -0.3 is 10.1 Å². The summed E-state index contributed by atoms with van der Waals surface area (Å²) in [6.45, 7) is 1.85. The van der Waals surface area contributed by atoms with Crippen LogP contribution in [0.4, 0.5) is 0 Å². The number of hydrogen-bond donors (Lipinski definition) is 1. The Bertz CT molecular complexity index is 546. The molecule has 1 aromatic heterocycles. The van der Waals surface area contributed by atoms with Crippen LogP contribution in [-0.4, -0.2) is 40.5 Å². The number of halogens is 2. The van der Waals surface area contributed by atoms with Crippen LogP contribution in [0.2, 0.25) is 10.0 Å². The van der Waals surface area contributed by atoms with Gasteiger partial charge in [-0.1, -0.05) is 23.2 Å². The van der Waals surface area contributed by atoms with Gasteiger partial charge in [-0.3, -0.25) is 0 Å². The maximum Gasteiger partial charge on any atom is 0.170 e. The van der Waals surface area contributed by atoms with E-state index in [9.17, 15) is 0 Å². The summed E-state index contributed by atoms with van der Waals surface area (Å²) in [6.07, 6.45) is 0. The standard InChI is InChI=1S/C11H13Cl2N5O/c1-19-5-4-14-7-11-15-16-17-18(11)10-6-8(12)2-3-9(10)13/h2-3,6,14H,4-5,7H2,1H3. The SMILES string of the molecule is COCCNCc1nnnn1-c1cc(Cl)ccc1Cl. The minimum Gasteiger partial charge on any atom is -0.383 e. The highest BCUT2D eigenvalue weighted by atomic mass is 35.5. The molecule has 0 amide bonds. The van der Waals surface area contributed by atoms with Crippen molar-refractivity contribution in [1.29, 1.82) is 0 Å². The number of tetrazole rings is 1. The first-order valence-electron chi connectivity index (χ1n) is 5.64. The molecule has 2 aromatic rings. The number of ether oxygens (including phenoxy) is 1. The van der Waals surface area contributed by atoms with Gasteiger partial charge in [0.1, 0.15) is 0 Å². The average molecular weight is 302 g/mol. The molecule has 8 heteroatoms. The molecular weight excluding hydrogens is 289 g/mol. The smallest absolute Gasteiger partial charge is 0.170 e. The van der Waals surface area contributed by atoms with E-state index in [4.69, 9.17) is 27.9 Å². The van der Waals surface area contributed by atoms with Crippen molar-refractivity contribution in [3.63, 3.8) is 0 Å². The number of methoxy groups -OCH3 is 1. The van der Waals surface area contributed by atoms with E-state index >= 15 is 0 Å². The minimum atomic E-state index is 0.513. The first kappa shape index (κ1) is 14.2. The van der Waals surface area contributed by atoms with Crippen molar-refractivity contribution >= 4 is 23.2 Å². The molecule has 0 radical (unpaired) electrons. The van der Waals surface area contributed by atoms with Gasteiger partial charge in [0.25, 0.3) is 0 Å². The summed E-state index contributed by atoms with van der Waals surface area (Å²) >= 11 is 12.1. The number of nitrogens with one attached hydrogen (secondary N) is 1. The minimum absolute atomic E-state index is 0.513. The number of hydrogen-bond acceptors (Lipinski definition) is 5. The number of nitrogens with zero attached hydrogens (tertiary/aromatic N) is 4. The lowest BCUT2D eigenvalue weighted by Crippen LogP contribution is -2.21. The highest BCUT2D eigenvalue weighted by Gasteiger charge is 2.11. The van der Waals surface area contributed by atoms with Crippen LogP contribution in [0.5, 0.6) is 0 Å². The molecule has 0 bridgehead atoms. The van der Waals surface area contributed by atoms with E-state index in [0.29, 0.717) is 41.3 Å². The third-order valence-electron chi connectivity index (χ3n) is 2.44. The van der Waals surface area contributed by atoms with Crippen molar-refractivity contribution in [3.8, 4) is 5.69 Å². The zero-order valence-corrected chi connectivity index (χ0v) is 11.8. The fraction of sp³-hybridized carbons (Fsp3) is 0.364. The second-order valence-corrected chi connectivity index (χ2v) is 4.62. The molecule has 0 saturated carbocycles. The lowest BCUT2D eigenvalue weighted by atomic mass is 10.3. The number of benzene rings is 1. The van der Waals surface area contributed by atoms with E-state index < -0.39 is 0 Å². The van der Waals surface area contributed by atoms with Crippen LogP contribution in [0.25, 0.3) is 5.69 Å². The van der Waals surface area contributed by atoms with Gasteiger partial charge >= 0.3 is 0 Å². The summed E-state index contributed by atoms with van der Waals surface area (Å²) in [7, 11) is 1.65. The first-order valence-corrected chi connectivity index (χ1v) is 6.40. The first-order chi connectivity index (χ1) is 9.22. The summed E-state index contributed by atoms with van der Waals surface area (Å²) < 4.78 is 6.51. The third-order valence-corrected chi connectivity index (χ3v) is 2.99. The average Bonchev–Trinajstić information content (AvgIpc) is 2.86. The van der Waals surface area contributed by atoms with Gasteiger partial charge in [-0.05, 0) is 28.6 Å². The number of aromatic nitrogens is 4. The molecule has 102 valence electrons. The normalized spacial score (nSPS) is 10.9. The van der Waals surface area contributed by atoms with Crippen LogP contribution in [0.3, 0.4) is 0 Å². The van der Waals surface area contributed by atoms with Gasteiger partial charge in [-0.15, -0.1) is 5.10 Å². The molecule has 0 aliphatic heterocycles. The fourth-order valence-electron chi connectivity index (χ4n) is 1.53. The Kier molecular flexibility index (Phi) is 5.09. The Balaban J connectivity index is 2.16. The van der Waals surface area contributed by atoms with E-state index in [2.05, 4.69) is 20.8 Å². The molecular formula is C11H13Cl2N5O. The van der Waals surface area contributed by atoms with E-state index in [1.54, 1.807) is 30.0 Å². The second kappa shape index (κ2) is 6.81. The van der Waals surface area contributed by atoms with E-state index in [0.717, 1.165) is 0 Å². The molecule has 1 aromatic carbocycles. The third kappa shape index (κ3) is 3.63. The van der Waals surface area contributed by atoms with Gasteiger partial charge in [0, 0.05) is 18.7 Å². The lowest BCUT2D eigenvalue weighted by Gasteiger charge is -2.07. The molecule has 2 rings (SSSR count). The Hall–Kier alpha value is -1.21. The second-order valence-electron chi connectivity index (χ2n) is 3.77. The molecule has 0 atom stereocenters. The van der Waals surface area contributed by atoms with Crippen molar-refractivity contribution in [3.05, 3.63) is 34.1 Å². The molecule has 1 N–H and O–H groups in total. The Morgan fingerprint density at radius 2 is 2.21 bits per heavy atom. The molecule has 0 spiro atoms. The summed E-state index contributed by atoms with van der Waals surface area (Å²) in [6, 6.07) is 5.15. The van der Waals surface area contributed by atoms with Gasteiger partial charge in [-0.25, -0.2) is 0 Å². The van der Waals surface area contributed by atoms with Gasteiger partial charge in [0.2, 0.25) is 0 Å². The Labute approximate surface area is 120 Å². The molecule has 19 heavy (non-hydrogen) atoms. The van der Waals surface area contributed by atoms with E-state index in [-0.39, 0.29) is 0 Å². The maximum atomic E-state index is 6.13. The van der Waals surface area contributed by atoms with Crippen molar-refractivity contribution in [2.24, 2.45) is 0 Å². The summed E-state index contributed by atoms with van der Waals surface area (Å²) in [5.41, 5.74) is 0.655. The predicted molar refractivity (Wildman–Crippen MR) is 72.8 cm³/mol. The topological polar surface area (TPSA) is 64.9 Å². The van der Waals surface area contributed by atoms with Gasteiger partial charge in [0.05, 0.1) is 23.9 Å². The van der Waals surface area contributed by atoms with Gasteiger partial charge in [-0.2, -0.15) is 4.68 Å². The van der Waals surface area contributed by atoms with Crippen molar-refractivity contribution in [1.82, 2.24) is 25.5 Å². The van der Waals surface area contributed by atoms with Crippen LogP contribution in [0.1, 0.15) is 5.82 Å². The predicted octanol–water partition coefficient (Wildman–Crippen LogP) is 1.71. The van der Waals surface area contributed by atoms with Crippen molar-refractivity contribution in [2.45, 2.75) is 6.54 Å². The van der Waals surface area contributed by atoms with Crippen LogP contribution in [0, 0.1) is 0 Å². The molecule has 1 heterocycles. The van der Waals surface area contributed by atoms with Crippen LogP contribution in [0.15, 0.2) is 18.2 Å². The maximum absolute atomic E-state index is 6.13. The highest BCUT2D eigenvalue weighted by molar-refractivity contribution is 6.34. The summed E-state index contributed by atoms with van der Waals surface area (Å²) in [4.78, 5) is 0. The molecule has 0 fully saturated rings. The van der Waals surface area contributed by atoms with Crippen LogP contribution < -0.4 is 5.32 Å². The monoisotopic (exact) mass is 301 g/mol. The highest BCUT2D eigenvalue weighted by Crippen LogP contribution is 2.24. The van der Waals surface area contributed by atoms with Crippen LogP contribution in [-0.2, 0) is 11.3 Å². The Morgan fingerprint density at radius 3 is 3.00 bits per heavy atom. The van der Waals surface area contributed by atoms with Crippen molar-refractivity contribution < 1.29 is 4.74 Å². The molecule has 0 saturated heterocycles. The zero-order chi connectivity index (χ0) is 13.7. The molecule has 0 aliphatic carbocycles. The largest absolute Gasteiger partial charge is 0.383 e. The Morgan fingerprint density at radius 1 is 1.37 bits per heavy atom. The van der Waals surface area contributed by atoms with Gasteiger partial charge in [0.15, 0.2) is 5.82 Å². The zero-order valence-electron chi connectivity index (χ0n) is 10.3. The molecule has 6 nitrogen and oxygen atoms in total. The number of rotatable bonds is 6. The molecule has 0 unspecified atom stereocenters. The fourth-order valence-corrected chi connectivity index (χ4v) is 1.89. The van der Waals surface area contributed by atoms with Crippen LogP contribution >= 0.6 is 23.2 Å². The molecule has 0 aliphatic rings. The summed E-state index contributed by atoms with van der Waals surface area (Å²) in [5.74, 6) is 0.653. The van der Waals surface area contributed by atoms with E-state index in [1.807, 2.05) is 0 Å². The van der Waals surface area contributed by atoms with E-state index in [1.165, 1.54) is 0 Å². The summed E-state index contributed by atoms with van der Waals surface area (Å²) in [5, 5.41) is 15.8.